The van der Waals surface area contributed by atoms with Crippen LogP contribution in [0.15, 0.2) is 96.5 Å². The summed E-state index contributed by atoms with van der Waals surface area (Å²) in [5.41, 5.74) is 7.78. The number of fused-ring (bicyclic) bond motifs is 1. The van der Waals surface area contributed by atoms with Gasteiger partial charge in [-0.2, -0.15) is 4.48 Å². The van der Waals surface area contributed by atoms with Gasteiger partial charge in [0.25, 0.3) is 5.91 Å². The number of primary amides is 1. The van der Waals surface area contributed by atoms with E-state index in [1.54, 1.807) is 48.7 Å². The minimum absolute atomic E-state index is 0.0300. The van der Waals surface area contributed by atoms with Gasteiger partial charge in [-0.05, 0) is 17.7 Å². The lowest BCUT2D eigenvalue weighted by Crippen LogP contribution is -2.46. The van der Waals surface area contributed by atoms with Gasteiger partial charge in [-0.25, -0.2) is 4.79 Å². The van der Waals surface area contributed by atoms with Gasteiger partial charge in [0.1, 0.15) is 17.5 Å². The normalized spacial score (nSPS) is 19.7. The standard InChI is InChI=1S/C23H16N2O4/c24-22(27)21(26)20-18(15-8-2-1-3-9-15)14-16-10-6-7-13-25(16,20)19-12-5-4-11-17(19)23(28)29/h1-14H,(H2-,24,27,28,29)/p+1. The first-order chi connectivity index (χ1) is 14.0. The summed E-state index contributed by atoms with van der Waals surface area (Å²) in [5.74, 6) is -3.10. The zero-order valence-corrected chi connectivity index (χ0v) is 15.3. The first kappa shape index (κ1) is 18.3. The number of ketones is 1. The predicted molar refractivity (Wildman–Crippen MR) is 109 cm³/mol. The number of hydrogen-bond donors (Lipinski definition) is 2. The first-order valence-electron chi connectivity index (χ1n) is 8.91. The van der Waals surface area contributed by atoms with E-state index in [0.717, 1.165) is 5.56 Å². The molecular weight excluding hydrogens is 368 g/mol. The highest BCUT2D eigenvalue weighted by Crippen LogP contribution is 2.48. The van der Waals surface area contributed by atoms with Crippen LogP contribution in [0, 0.1) is 0 Å². The number of nitrogens with two attached hydrogens (primary N) is 1. The number of Topliss-reactive ketones (excluding diaryl/α,β-unsaturated/α-hetero) is 1. The predicted octanol–water partition coefficient (Wildman–Crippen LogP) is 3.14. The summed E-state index contributed by atoms with van der Waals surface area (Å²) in [6, 6.07) is 15.6. The van der Waals surface area contributed by atoms with E-state index in [9.17, 15) is 19.5 Å². The Morgan fingerprint density at radius 3 is 2.28 bits per heavy atom. The number of aromatic carboxylic acids is 1. The Balaban J connectivity index is 2.11. The van der Waals surface area contributed by atoms with Crippen molar-refractivity contribution in [3.05, 3.63) is 108 Å². The number of allylic oxidation sites excluding steroid dienone is 5. The molecule has 1 unspecified atom stereocenters. The van der Waals surface area contributed by atoms with E-state index >= 15 is 0 Å². The van der Waals surface area contributed by atoms with E-state index in [1.165, 1.54) is 6.07 Å². The Labute approximate surface area is 166 Å². The van der Waals surface area contributed by atoms with Gasteiger partial charge in [0.15, 0.2) is 5.69 Å². The van der Waals surface area contributed by atoms with Crippen LogP contribution in [0.1, 0.15) is 15.9 Å². The lowest BCUT2D eigenvalue weighted by Gasteiger charge is -2.34. The van der Waals surface area contributed by atoms with Gasteiger partial charge in [-0.15, -0.1) is 0 Å². The van der Waals surface area contributed by atoms with E-state index in [2.05, 4.69) is 0 Å². The first-order valence-corrected chi connectivity index (χ1v) is 8.91. The number of nitrogens with zero attached hydrogens (tertiary/aromatic N) is 1. The Hall–Kier alpha value is -4.03. The van der Waals surface area contributed by atoms with E-state index in [1.807, 2.05) is 30.3 Å². The summed E-state index contributed by atoms with van der Waals surface area (Å²) in [6.07, 6.45) is 8.80. The monoisotopic (exact) mass is 385 g/mol. The number of hydrogen-bond acceptors (Lipinski definition) is 3. The topological polar surface area (TPSA) is 97.5 Å². The fraction of sp³-hybridized carbons (Fsp3) is 0. The molecule has 0 radical (unpaired) electrons. The number of carbonyl (C=O) groups excluding carboxylic acids is 2. The van der Waals surface area contributed by atoms with Gasteiger partial charge in [0.2, 0.25) is 5.70 Å². The molecule has 6 heteroatoms. The molecule has 3 N–H and O–H groups in total. The van der Waals surface area contributed by atoms with Crippen LogP contribution in [0.3, 0.4) is 0 Å². The summed E-state index contributed by atoms with van der Waals surface area (Å²) >= 11 is 0. The van der Waals surface area contributed by atoms with E-state index in [4.69, 9.17) is 5.73 Å². The van der Waals surface area contributed by atoms with Gasteiger partial charge >= 0.3 is 11.8 Å². The number of carboxylic acid groups (broad SMARTS) is 1. The maximum Gasteiger partial charge on any atom is 0.341 e. The second kappa shape index (κ2) is 6.85. The minimum atomic E-state index is -1.13. The summed E-state index contributed by atoms with van der Waals surface area (Å²) < 4.78 is -0.315. The molecule has 0 aromatic heterocycles. The van der Waals surface area contributed by atoms with Gasteiger partial charge in [-0.1, -0.05) is 48.5 Å². The molecule has 0 aliphatic carbocycles. The van der Waals surface area contributed by atoms with Crippen LogP contribution in [0.2, 0.25) is 0 Å². The van der Waals surface area contributed by atoms with Crippen molar-refractivity contribution < 1.29 is 19.5 Å². The lowest BCUT2D eigenvalue weighted by molar-refractivity contribution is -0.134. The molecule has 2 heterocycles. The zero-order chi connectivity index (χ0) is 20.6. The molecule has 1 atom stereocenters. The van der Waals surface area contributed by atoms with Crippen LogP contribution in [0.5, 0.6) is 0 Å². The summed E-state index contributed by atoms with van der Waals surface area (Å²) in [6.45, 7) is 0. The lowest BCUT2D eigenvalue weighted by atomic mass is 10.0. The van der Waals surface area contributed by atoms with Crippen LogP contribution < -0.4 is 10.2 Å². The summed E-state index contributed by atoms with van der Waals surface area (Å²) in [5, 5.41) is 9.77. The van der Waals surface area contributed by atoms with Gasteiger partial charge in [0, 0.05) is 18.2 Å². The van der Waals surface area contributed by atoms with Crippen LogP contribution in [0.4, 0.5) is 5.69 Å². The van der Waals surface area contributed by atoms with Crippen LogP contribution in [-0.4, -0.2) is 22.8 Å². The number of benzene rings is 2. The Kier molecular flexibility index (Phi) is 4.33. The molecule has 6 nitrogen and oxygen atoms in total. The zero-order valence-electron chi connectivity index (χ0n) is 15.3. The van der Waals surface area contributed by atoms with Crippen LogP contribution in [0.25, 0.3) is 5.57 Å². The number of rotatable bonds is 5. The molecule has 1 amide bonds. The van der Waals surface area contributed by atoms with Crippen molar-refractivity contribution >= 4 is 28.9 Å². The number of quaternary nitrogens is 1. The van der Waals surface area contributed by atoms with Crippen LogP contribution in [-0.2, 0) is 9.59 Å². The van der Waals surface area contributed by atoms with E-state index in [0.29, 0.717) is 17.0 Å². The van der Waals surface area contributed by atoms with Crippen molar-refractivity contribution in [2.75, 3.05) is 0 Å². The third-order valence-corrected chi connectivity index (χ3v) is 5.03. The number of carboxylic acids is 1. The summed E-state index contributed by atoms with van der Waals surface area (Å²) in [4.78, 5) is 37.0. The van der Waals surface area contributed by atoms with Gasteiger partial charge in [0.05, 0.1) is 5.57 Å². The van der Waals surface area contributed by atoms with Crippen molar-refractivity contribution in [1.29, 1.82) is 0 Å². The second-order valence-electron chi connectivity index (χ2n) is 6.64. The number of amides is 1. The summed E-state index contributed by atoms with van der Waals surface area (Å²) in [7, 11) is 0. The fourth-order valence-electron chi connectivity index (χ4n) is 3.84. The highest BCUT2D eigenvalue weighted by Gasteiger charge is 2.51. The SMILES string of the molecule is NC(=O)C(=O)C1=C(c2ccccc2)C=C2C=CC=C[N+]21c1ccccc1C(=O)O. The molecule has 2 aromatic carbocycles. The highest BCUT2D eigenvalue weighted by molar-refractivity contribution is 6.44. The molecule has 0 saturated carbocycles. The van der Waals surface area contributed by atoms with Gasteiger partial charge < -0.3 is 10.8 Å². The molecular formula is C23H17N2O4+. The van der Waals surface area contributed by atoms with Gasteiger partial charge in [-0.3, -0.25) is 9.59 Å². The smallest absolute Gasteiger partial charge is 0.341 e. The second-order valence-corrected chi connectivity index (χ2v) is 6.64. The van der Waals surface area contributed by atoms with Crippen LogP contribution >= 0.6 is 0 Å². The molecule has 2 aliphatic rings. The molecule has 2 aliphatic heterocycles. The third-order valence-electron chi connectivity index (χ3n) is 5.03. The fourth-order valence-corrected chi connectivity index (χ4v) is 3.84. The highest BCUT2D eigenvalue weighted by atomic mass is 16.4. The molecule has 0 saturated heterocycles. The Morgan fingerprint density at radius 1 is 0.897 bits per heavy atom. The number of para-hydroxylation sites is 1. The van der Waals surface area contributed by atoms with Crippen molar-refractivity contribution in [3.8, 4) is 0 Å². The number of carbonyl (C=O) groups is 3. The average Bonchev–Trinajstić information content (AvgIpc) is 3.09. The van der Waals surface area contributed by atoms with E-state index in [-0.39, 0.29) is 15.7 Å². The third kappa shape index (κ3) is 2.74. The maximum atomic E-state index is 13.1. The molecule has 142 valence electrons. The van der Waals surface area contributed by atoms with Crippen molar-refractivity contribution in [2.45, 2.75) is 0 Å². The molecule has 0 spiro atoms. The maximum absolute atomic E-state index is 13.1. The largest absolute Gasteiger partial charge is 0.477 e. The molecule has 0 bridgehead atoms. The van der Waals surface area contributed by atoms with E-state index < -0.39 is 17.7 Å². The van der Waals surface area contributed by atoms with Crippen molar-refractivity contribution in [2.24, 2.45) is 5.73 Å². The Morgan fingerprint density at radius 2 is 1.59 bits per heavy atom. The Bertz CT molecular complexity index is 1170. The molecule has 2 aromatic rings. The molecule has 29 heavy (non-hydrogen) atoms. The molecule has 4 rings (SSSR count). The quantitative estimate of drug-likeness (QED) is 0.610. The van der Waals surface area contributed by atoms with Crippen molar-refractivity contribution in [1.82, 2.24) is 4.48 Å². The average molecular weight is 385 g/mol. The molecule has 0 fully saturated rings. The van der Waals surface area contributed by atoms with Crippen molar-refractivity contribution in [3.63, 3.8) is 0 Å². The minimum Gasteiger partial charge on any atom is -0.477 e.